The van der Waals surface area contributed by atoms with Crippen molar-refractivity contribution < 1.29 is 17.9 Å². The van der Waals surface area contributed by atoms with Crippen LogP contribution in [0.2, 0.25) is 0 Å². The van der Waals surface area contributed by atoms with Crippen molar-refractivity contribution in [1.29, 1.82) is 0 Å². The van der Waals surface area contributed by atoms with Crippen molar-refractivity contribution in [3.05, 3.63) is 65.2 Å². The van der Waals surface area contributed by atoms with Crippen LogP contribution in [0.4, 0.5) is 13.2 Å². The van der Waals surface area contributed by atoms with E-state index in [-0.39, 0.29) is 0 Å². The number of ether oxygens (including phenoxy) is 1. The average Bonchev–Trinajstić information content (AvgIpc) is 2.38. The molecule has 2 aromatic carbocycles. The third-order valence-electron chi connectivity index (χ3n) is 2.82. The topological polar surface area (TPSA) is 9.23 Å². The molecule has 0 atom stereocenters. The molecule has 0 amide bonds. The first-order valence-electron chi connectivity index (χ1n) is 5.78. The molecule has 0 aliphatic rings. The second-order valence-corrected chi connectivity index (χ2v) is 4.22. The fourth-order valence-corrected chi connectivity index (χ4v) is 1.83. The highest BCUT2D eigenvalue weighted by Gasteiger charge is 2.29. The molecule has 0 unspecified atom stereocenters. The number of hydrogen-bond acceptors (Lipinski definition) is 1. The zero-order chi connectivity index (χ0) is 13.9. The van der Waals surface area contributed by atoms with Crippen LogP contribution in [0.5, 0.6) is 5.75 Å². The standard InChI is InChI=1S/C15H13F3O/c1-19-14-4-2-3-12(10-14)9-11-5-7-13(8-6-11)15(16,17)18/h2-8,10H,9H2,1H3. The summed E-state index contributed by atoms with van der Waals surface area (Å²) in [6.07, 6.45) is -3.70. The van der Waals surface area contributed by atoms with E-state index in [9.17, 15) is 13.2 Å². The van der Waals surface area contributed by atoms with E-state index in [2.05, 4.69) is 0 Å². The fraction of sp³-hybridized carbons (Fsp3) is 0.200. The maximum absolute atomic E-state index is 12.4. The lowest BCUT2D eigenvalue weighted by atomic mass is 10.0. The summed E-state index contributed by atoms with van der Waals surface area (Å²) in [7, 11) is 1.58. The van der Waals surface area contributed by atoms with Gasteiger partial charge in [0.1, 0.15) is 5.75 Å². The Labute approximate surface area is 109 Å². The lowest BCUT2D eigenvalue weighted by molar-refractivity contribution is -0.137. The number of hydrogen-bond donors (Lipinski definition) is 0. The molecular formula is C15H13F3O. The van der Waals surface area contributed by atoms with E-state index in [1.807, 2.05) is 24.3 Å². The molecule has 100 valence electrons. The van der Waals surface area contributed by atoms with Gasteiger partial charge in [-0.3, -0.25) is 0 Å². The minimum Gasteiger partial charge on any atom is -0.497 e. The largest absolute Gasteiger partial charge is 0.497 e. The summed E-state index contributed by atoms with van der Waals surface area (Å²) in [4.78, 5) is 0. The van der Waals surface area contributed by atoms with Crippen LogP contribution < -0.4 is 4.74 Å². The zero-order valence-corrected chi connectivity index (χ0v) is 10.4. The van der Waals surface area contributed by atoms with Gasteiger partial charge in [0.2, 0.25) is 0 Å². The predicted octanol–water partition coefficient (Wildman–Crippen LogP) is 4.30. The highest BCUT2D eigenvalue weighted by atomic mass is 19.4. The van der Waals surface area contributed by atoms with Crippen molar-refractivity contribution in [2.75, 3.05) is 7.11 Å². The fourth-order valence-electron chi connectivity index (χ4n) is 1.83. The molecular weight excluding hydrogens is 253 g/mol. The molecule has 4 heteroatoms. The summed E-state index contributed by atoms with van der Waals surface area (Å²) in [6.45, 7) is 0. The molecule has 0 saturated carbocycles. The Morgan fingerprint density at radius 2 is 1.63 bits per heavy atom. The van der Waals surface area contributed by atoms with Gasteiger partial charge in [0.15, 0.2) is 0 Å². The van der Waals surface area contributed by atoms with Crippen LogP contribution >= 0.6 is 0 Å². The molecule has 0 aromatic heterocycles. The quantitative estimate of drug-likeness (QED) is 0.804. The molecule has 0 saturated heterocycles. The molecule has 1 nitrogen and oxygen atoms in total. The number of halogens is 3. The third kappa shape index (κ3) is 3.50. The Bertz CT molecular complexity index is 544. The van der Waals surface area contributed by atoms with Crippen LogP contribution in [0.25, 0.3) is 0 Å². The number of alkyl halides is 3. The number of rotatable bonds is 3. The zero-order valence-electron chi connectivity index (χ0n) is 10.4. The molecule has 0 heterocycles. The molecule has 2 rings (SSSR count). The highest BCUT2D eigenvalue weighted by Crippen LogP contribution is 2.29. The van der Waals surface area contributed by atoms with E-state index in [0.717, 1.165) is 29.0 Å². The lowest BCUT2D eigenvalue weighted by Gasteiger charge is -2.08. The van der Waals surface area contributed by atoms with Crippen LogP contribution in [0.3, 0.4) is 0 Å². The van der Waals surface area contributed by atoms with Crippen molar-refractivity contribution in [2.45, 2.75) is 12.6 Å². The Morgan fingerprint density at radius 1 is 0.947 bits per heavy atom. The van der Waals surface area contributed by atoms with E-state index in [1.54, 1.807) is 7.11 Å². The molecule has 0 aliphatic carbocycles. The van der Waals surface area contributed by atoms with Gasteiger partial charge in [-0.25, -0.2) is 0 Å². The molecule has 0 bridgehead atoms. The van der Waals surface area contributed by atoms with Gasteiger partial charge in [0.05, 0.1) is 12.7 Å². The molecule has 0 fully saturated rings. The van der Waals surface area contributed by atoms with Crippen molar-refractivity contribution in [3.63, 3.8) is 0 Å². The first-order chi connectivity index (χ1) is 8.99. The van der Waals surface area contributed by atoms with Crippen LogP contribution in [0, 0.1) is 0 Å². The van der Waals surface area contributed by atoms with Crippen molar-refractivity contribution in [2.24, 2.45) is 0 Å². The normalized spacial score (nSPS) is 11.4. The maximum atomic E-state index is 12.4. The molecule has 2 aromatic rings. The minimum atomic E-state index is -4.28. The highest BCUT2D eigenvalue weighted by molar-refractivity contribution is 5.34. The van der Waals surface area contributed by atoms with Crippen LogP contribution in [-0.2, 0) is 12.6 Å². The van der Waals surface area contributed by atoms with E-state index in [1.165, 1.54) is 12.1 Å². The van der Waals surface area contributed by atoms with Crippen molar-refractivity contribution in [1.82, 2.24) is 0 Å². The average molecular weight is 266 g/mol. The molecule has 0 N–H and O–H groups in total. The minimum absolute atomic E-state index is 0.579. The Hall–Kier alpha value is -1.97. The van der Waals surface area contributed by atoms with Crippen molar-refractivity contribution >= 4 is 0 Å². The Morgan fingerprint density at radius 3 is 2.21 bits per heavy atom. The third-order valence-corrected chi connectivity index (χ3v) is 2.82. The van der Waals surface area contributed by atoms with Gasteiger partial charge in [-0.1, -0.05) is 24.3 Å². The summed E-state index contributed by atoms with van der Waals surface area (Å²) >= 11 is 0. The number of benzene rings is 2. The second kappa shape index (κ2) is 5.34. The van der Waals surface area contributed by atoms with Gasteiger partial charge in [-0.05, 0) is 41.8 Å². The predicted molar refractivity (Wildman–Crippen MR) is 67.2 cm³/mol. The molecule has 0 radical (unpaired) electrons. The van der Waals surface area contributed by atoms with E-state index in [0.29, 0.717) is 6.42 Å². The lowest BCUT2D eigenvalue weighted by Crippen LogP contribution is -2.04. The van der Waals surface area contributed by atoms with Crippen LogP contribution in [-0.4, -0.2) is 7.11 Å². The monoisotopic (exact) mass is 266 g/mol. The van der Waals surface area contributed by atoms with E-state index >= 15 is 0 Å². The van der Waals surface area contributed by atoms with E-state index in [4.69, 9.17) is 4.74 Å². The summed E-state index contributed by atoms with van der Waals surface area (Å²) < 4.78 is 42.4. The summed E-state index contributed by atoms with van der Waals surface area (Å²) in [5.74, 6) is 0.740. The first kappa shape index (κ1) is 13.5. The van der Waals surface area contributed by atoms with Crippen molar-refractivity contribution in [3.8, 4) is 5.75 Å². The Kier molecular flexibility index (Phi) is 3.79. The summed E-state index contributed by atoms with van der Waals surface area (Å²) in [5.41, 5.74) is 1.21. The van der Waals surface area contributed by atoms with E-state index < -0.39 is 11.7 Å². The summed E-state index contributed by atoms with van der Waals surface area (Å²) in [5, 5.41) is 0. The summed E-state index contributed by atoms with van der Waals surface area (Å²) in [6, 6.07) is 12.7. The SMILES string of the molecule is COc1cccc(Cc2ccc(C(F)(F)F)cc2)c1. The Balaban J connectivity index is 2.15. The number of methoxy groups -OCH3 is 1. The second-order valence-electron chi connectivity index (χ2n) is 4.22. The molecule has 0 aliphatic heterocycles. The van der Waals surface area contributed by atoms with Gasteiger partial charge >= 0.3 is 6.18 Å². The molecule has 0 spiro atoms. The van der Waals surface area contributed by atoms with Gasteiger partial charge in [0, 0.05) is 0 Å². The van der Waals surface area contributed by atoms with Gasteiger partial charge < -0.3 is 4.74 Å². The first-order valence-corrected chi connectivity index (χ1v) is 5.78. The van der Waals surface area contributed by atoms with Gasteiger partial charge in [-0.15, -0.1) is 0 Å². The van der Waals surface area contributed by atoms with Gasteiger partial charge in [-0.2, -0.15) is 13.2 Å². The smallest absolute Gasteiger partial charge is 0.416 e. The molecule has 19 heavy (non-hydrogen) atoms. The van der Waals surface area contributed by atoms with Crippen LogP contribution in [0.1, 0.15) is 16.7 Å². The maximum Gasteiger partial charge on any atom is 0.416 e. The van der Waals surface area contributed by atoms with Crippen LogP contribution in [0.15, 0.2) is 48.5 Å². The van der Waals surface area contributed by atoms with Gasteiger partial charge in [0.25, 0.3) is 0 Å².